The average molecular weight is 201 g/mol. The molecule has 1 unspecified atom stereocenters. The molecule has 0 radical (unpaired) electrons. The van der Waals surface area contributed by atoms with Crippen LogP contribution >= 0.6 is 0 Å². The molecule has 2 heteroatoms. The Kier molecular flexibility index (Phi) is 2.86. The monoisotopic (exact) mass is 201 g/mol. The minimum atomic E-state index is 0.228. The van der Waals surface area contributed by atoms with Crippen LogP contribution in [0.3, 0.4) is 0 Å². The van der Waals surface area contributed by atoms with Gasteiger partial charge in [0.25, 0.3) is 0 Å². The fourth-order valence-corrected chi connectivity index (χ4v) is 1.82. The fraction of sp³-hybridized carbons (Fsp3) is 0.308. The lowest BCUT2D eigenvalue weighted by Gasteiger charge is -2.29. The van der Waals surface area contributed by atoms with Gasteiger partial charge in [-0.3, -0.25) is 4.79 Å². The second kappa shape index (κ2) is 4.30. The van der Waals surface area contributed by atoms with Crippen LogP contribution in [-0.4, -0.2) is 17.2 Å². The number of carbonyl (C=O) groups is 1. The molecule has 0 amide bonds. The van der Waals surface area contributed by atoms with E-state index < -0.39 is 0 Å². The first-order chi connectivity index (χ1) is 7.27. The fourth-order valence-electron chi connectivity index (χ4n) is 1.82. The van der Waals surface area contributed by atoms with Crippen molar-refractivity contribution in [2.24, 2.45) is 0 Å². The van der Waals surface area contributed by atoms with Gasteiger partial charge in [0.1, 0.15) is 0 Å². The molecule has 0 bridgehead atoms. The van der Waals surface area contributed by atoms with Gasteiger partial charge in [-0.25, -0.2) is 0 Å². The Morgan fingerprint density at radius 1 is 1.27 bits per heavy atom. The Morgan fingerprint density at radius 2 is 2.00 bits per heavy atom. The zero-order valence-corrected chi connectivity index (χ0v) is 8.89. The van der Waals surface area contributed by atoms with Gasteiger partial charge in [0.15, 0.2) is 5.78 Å². The summed E-state index contributed by atoms with van der Waals surface area (Å²) in [5, 5.41) is 0. The zero-order valence-electron chi connectivity index (χ0n) is 8.89. The van der Waals surface area contributed by atoms with Crippen LogP contribution in [0.1, 0.15) is 24.9 Å². The van der Waals surface area contributed by atoms with Gasteiger partial charge >= 0.3 is 0 Å². The highest BCUT2D eigenvalue weighted by molar-refractivity contribution is 5.90. The quantitative estimate of drug-likeness (QED) is 0.732. The van der Waals surface area contributed by atoms with Gasteiger partial charge in [0, 0.05) is 19.2 Å². The molecule has 2 rings (SSSR count). The number of carbonyl (C=O) groups excluding carboxylic acids is 1. The average Bonchev–Trinajstić information content (AvgIpc) is 2.30. The molecule has 2 nitrogen and oxygen atoms in total. The van der Waals surface area contributed by atoms with E-state index >= 15 is 0 Å². The molecule has 0 saturated carbocycles. The lowest BCUT2D eigenvalue weighted by Crippen LogP contribution is -2.27. The number of benzene rings is 1. The topological polar surface area (TPSA) is 20.3 Å². The SMILES string of the molecule is CC(c1ccccc1)N1C=CC(=O)CC1. The Hall–Kier alpha value is -1.57. The highest BCUT2D eigenvalue weighted by Gasteiger charge is 2.15. The summed E-state index contributed by atoms with van der Waals surface area (Å²) < 4.78 is 0. The number of rotatable bonds is 2. The lowest BCUT2D eigenvalue weighted by molar-refractivity contribution is -0.115. The summed E-state index contributed by atoms with van der Waals surface area (Å²) in [6.45, 7) is 2.99. The van der Waals surface area contributed by atoms with E-state index in [4.69, 9.17) is 0 Å². The van der Waals surface area contributed by atoms with Gasteiger partial charge in [0.05, 0.1) is 6.04 Å². The van der Waals surface area contributed by atoms with Crippen molar-refractivity contribution in [3.05, 3.63) is 48.2 Å². The number of nitrogens with zero attached hydrogens (tertiary/aromatic N) is 1. The summed E-state index contributed by atoms with van der Waals surface area (Å²) in [6, 6.07) is 10.7. The van der Waals surface area contributed by atoms with Crippen LogP contribution in [0.5, 0.6) is 0 Å². The molecule has 15 heavy (non-hydrogen) atoms. The summed E-state index contributed by atoms with van der Waals surface area (Å²) in [7, 11) is 0. The van der Waals surface area contributed by atoms with Crippen LogP contribution in [0.25, 0.3) is 0 Å². The number of ketones is 1. The number of hydrogen-bond donors (Lipinski definition) is 0. The van der Waals surface area contributed by atoms with Gasteiger partial charge < -0.3 is 4.90 Å². The Labute approximate surface area is 90.2 Å². The summed E-state index contributed by atoms with van der Waals surface area (Å²) in [5.41, 5.74) is 1.29. The van der Waals surface area contributed by atoms with E-state index in [0.29, 0.717) is 12.5 Å². The van der Waals surface area contributed by atoms with Crippen LogP contribution in [0.2, 0.25) is 0 Å². The number of hydrogen-bond acceptors (Lipinski definition) is 2. The molecule has 0 N–H and O–H groups in total. The zero-order chi connectivity index (χ0) is 10.7. The van der Waals surface area contributed by atoms with Crippen molar-refractivity contribution < 1.29 is 4.79 Å². The van der Waals surface area contributed by atoms with Crippen molar-refractivity contribution >= 4 is 5.78 Å². The van der Waals surface area contributed by atoms with Gasteiger partial charge in [-0.2, -0.15) is 0 Å². The first kappa shape index (κ1) is 9.97. The van der Waals surface area contributed by atoms with Crippen molar-refractivity contribution in [2.75, 3.05) is 6.54 Å². The highest BCUT2D eigenvalue weighted by atomic mass is 16.1. The van der Waals surface area contributed by atoms with Gasteiger partial charge in [-0.1, -0.05) is 30.3 Å². The van der Waals surface area contributed by atoms with E-state index in [1.807, 2.05) is 24.4 Å². The van der Waals surface area contributed by atoms with Crippen LogP contribution < -0.4 is 0 Å². The molecule has 0 aromatic heterocycles. The number of allylic oxidation sites excluding steroid dienone is 1. The molecule has 0 fully saturated rings. The maximum absolute atomic E-state index is 11.1. The highest BCUT2D eigenvalue weighted by Crippen LogP contribution is 2.21. The van der Waals surface area contributed by atoms with Gasteiger partial charge in [-0.05, 0) is 18.6 Å². The molecular formula is C13H15NO. The van der Waals surface area contributed by atoms with E-state index in [2.05, 4.69) is 24.0 Å². The van der Waals surface area contributed by atoms with Crippen molar-refractivity contribution in [1.82, 2.24) is 4.90 Å². The summed E-state index contributed by atoms with van der Waals surface area (Å²) in [5.74, 6) is 0.228. The molecule has 1 aliphatic heterocycles. The molecular weight excluding hydrogens is 186 g/mol. The van der Waals surface area contributed by atoms with E-state index in [9.17, 15) is 4.79 Å². The van der Waals surface area contributed by atoms with E-state index in [1.165, 1.54) is 5.56 Å². The third kappa shape index (κ3) is 2.27. The van der Waals surface area contributed by atoms with Gasteiger partial charge in [-0.15, -0.1) is 0 Å². The van der Waals surface area contributed by atoms with Crippen molar-refractivity contribution in [3.63, 3.8) is 0 Å². The van der Waals surface area contributed by atoms with Gasteiger partial charge in [0.2, 0.25) is 0 Å². The van der Waals surface area contributed by atoms with Crippen LogP contribution in [0.4, 0.5) is 0 Å². The standard InChI is InChI=1S/C13H15NO/c1-11(12-5-3-2-4-6-12)14-9-7-13(15)8-10-14/h2-7,9,11H,8,10H2,1H3. The molecule has 78 valence electrons. The molecule has 1 aliphatic rings. The van der Waals surface area contributed by atoms with E-state index in [1.54, 1.807) is 6.08 Å². The first-order valence-electron chi connectivity index (χ1n) is 5.29. The Morgan fingerprint density at radius 3 is 2.60 bits per heavy atom. The predicted octanol–water partition coefficient (Wildman–Crippen LogP) is 2.54. The van der Waals surface area contributed by atoms with Crippen molar-refractivity contribution in [2.45, 2.75) is 19.4 Å². The largest absolute Gasteiger partial charge is 0.370 e. The molecule has 1 heterocycles. The maximum atomic E-state index is 11.1. The normalized spacial score (nSPS) is 17.9. The van der Waals surface area contributed by atoms with E-state index in [-0.39, 0.29) is 5.78 Å². The molecule has 0 saturated heterocycles. The molecule has 1 aromatic carbocycles. The smallest absolute Gasteiger partial charge is 0.158 e. The third-order valence-corrected chi connectivity index (χ3v) is 2.85. The minimum Gasteiger partial charge on any atom is -0.370 e. The van der Waals surface area contributed by atoms with E-state index in [0.717, 1.165) is 6.54 Å². The molecule has 0 aliphatic carbocycles. The first-order valence-corrected chi connectivity index (χ1v) is 5.29. The van der Waals surface area contributed by atoms with Crippen molar-refractivity contribution in [1.29, 1.82) is 0 Å². The Bertz CT molecular complexity index is 369. The maximum Gasteiger partial charge on any atom is 0.158 e. The van der Waals surface area contributed by atoms with Crippen LogP contribution in [-0.2, 0) is 4.79 Å². The molecule has 0 spiro atoms. The Balaban J connectivity index is 2.12. The second-order valence-corrected chi connectivity index (χ2v) is 3.86. The van der Waals surface area contributed by atoms with Crippen molar-refractivity contribution in [3.8, 4) is 0 Å². The van der Waals surface area contributed by atoms with Crippen LogP contribution in [0.15, 0.2) is 42.6 Å². The lowest BCUT2D eigenvalue weighted by atomic mass is 10.1. The summed E-state index contributed by atoms with van der Waals surface area (Å²) in [4.78, 5) is 13.3. The predicted molar refractivity (Wildman–Crippen MR) is 60.3 cm³/mol. The molecule has 1 atom stereocenters. The summed E-state index contributed by atoms with van der Waals surface area (Å²) in [6.07, 6.45) is 4.21. The minimum absolute atomic E-state index is 0.228. The second-order valence-electron chi connectivity index (χ2n) is 3.86. The third-order valence-electron chi connectivity index (χ3n) is 2.85. The molecule has 1 aromatic rings. The summed E-state index contributed by atoms with van der Waals surface area (Å²) >= 11 is 0. The van der Waals surface area contributed by atoms with Crippen LogP contribution in [0, 0.1) is 0 Å².